The van der Waals surface area contributed by atoms with Crippen LogP contribution in [0, 0.1) is 6.92 Å². The molecule has 0 amide bonds. The van der Waals surface area contributed by atoms with Crippen molar-refractivity contribution in [3.8, 4) is 50.5 Å². The molecule has 2 nitrogen and oxygen atoms in total. The van der Waals surface area contributed by atoms with E-state index in [0.29, 0.717) is 0 Å². The van der Waals surface area contributed by atoms with Crippen LogP contribution in [0.4, 0.5) is 0 Å². The summed E-state index contributed by atoms with van der Waals surface area (Å²) < 4.78 is 4.76. The topological polar surface area (TPSA) is 8.81 Å². The van der Waals surface area contributed by atoms with Gasteiger partial charge in [0.25, 0.3) is 5.82 Å². The lowest BCUT2D eigenvalue weighted by molar-refractivity contribution is -0.633. The van der Waals surface area contributed by atoms with E-state index in [1.165, 1.54) is 55.5 Å². The van der Waals surface area contributed by atoms with Gasteiger partial charge in [0.2, 0.25) is 0 Å². The van der Waals surface area contributed by atoms with Crippen molar-refractivity contribution in [2.75, 3.05) is 0 Å². The third kappa shape index (κ3) is 4.54. The maximum Gasteiger partial charge on any atom is 0.295 e. The summed E-state index contributed by atoms with van der Waals surface area (Å²) in [4.78, 5) is 0. The number of fused-ring (bicyclic) bond motifs is 1. The Hall–Kier alpha value is -5.21. The number of hydrogen-bond donors (Lipinski definition) is 0. The number of aromatic nitrogens is 2. The first-order chi connectivity index (χ1) is 20.2. The molecule has 0 aliphatic carbocycles. The molecule has 0 fully saturated rings. The van der Waals surface area contributed by atoms with Crippen LogP contribution in [0.3, 0.4) is 0 Å². The van der Waals surface area contributed by atoms with Crippen LogP contribution in [0.15, 0.2) is 152 Å². The zero-order valence-corrected chi connectivity index (χ0v) is 23.3. The van der Waals surface area contributed by atoms with Crippen molar-refractivity contribution < 1.29 is 4.57 Å². The van der Waals surface area contributed by atoms with Gasteiger partial charge in [-0.25, -0.2) is 4.57 Å². The zero-order chi connectivity index (χ0) is 27.8. The predicted octanol–water partition coefficient (Wildman–Crippen LogP) is 9.43. The average Bonchev–Trinajstić information content (AvgIpc) is 3.34. The first-order valence-electron chi connectivity index (χ1n) is 14.1. The SMILES string of the molecule is Cc1ccc(-c2ccccc2)cc1-c1n(-c2ccc(-c3ccccc3)cc2)c2ccc(-c3ccccc3)cc2[n+]1C. The molecule has 0 saturated carbocycles. The van der Waals surface area contributed by atoms with Crippen molar-refractivity contribution in [2.45, 2.75) is 6.92 Å². The number of aryl methyl sites for hydroxylation is 2. The summed E-state index contributed by atoms with van der Waals surface area (Å²) in [6.45, 7) is 2.21. The summed E-state index contributed by atoms with van der Waals surface area (Å²) in [6.07, 6.45) is 0. The summed E-state index contributed by atoms with van der Waals surface area (Å²) in [5.41, 5.74) is 13.3. The second kappa shape index (κ2) is 10.4. The number of hydrogen-bond acceptors (Lipinski definition) is 0. The molecular weight excluding hydrogens is 496 g/mol. The van der Waals surface area contributed by atoms with Crippen LogP contribution in [0.2, 0.25) is 0 Å². The van der Waals surface area contributed by atoms with Crippen LogP contribution >= 0.6 is 0 Å². The molecule has 0 atom stereocenters. The zero-order valence-electron chi connectivity index (χ0n) is 23.3. The maximum absolute atomic E-state index is 2.41. The van der Waals surface area contributed by atoms with Gasteiger partial charge in [-0.2, -0.15) is 4.57 Å². The van der Waals surface area contributed by atoms with Crippen molar-refractivity contribution in [3.63, 3.8) is 0 Å². The Labute approximate surface area is 241 Å². The molecule has 0 radical (unpaired) electrons. The van der Waals surface area contributed by atoms with Gasteiger partial charge in [-0.05, 0) is 82.3 Å². The molecule has 7 aromatic rings. The van der Waals surface area contributed by atoms with Gasteiger partial charge >= 0.3 is 0 Å². The van der Waals surface area contributed by atoms with Crippen LogP contribution in [-0.4, -0.2) is 4.57 Å². The summed E-state index contributed by atoms with van der Waals surface area (Å²) in [7, 11) is 2.19. The summed E-state index contributed by atoms with van der Waals surface area (Å²) in [5.74, 6) is 1.16. The smallest absolute Gasteiger partial charge is 0.225 e. The largest absolute Gasteiger partial charge is 0.295 e. The Morgan fingerprint density at radius 3 is 1.51 bits per heavy atom. The lowest BCUT2D eigenvalue weighted by atomic mass is 9.99. The van der Waals surface area contributed by atoms with E-state index in [0.717, 1.165) is 11.5 Å². The van der Waals surface area contributed by atoms with E-state index in [2.05, 4.69) is 175 Å². The monoisotopic (exact) mass is 527 g/mol. The van der Waals surface area contributed by atoms with Crippen LogP contribution in [-0.2, 0) is 7.05 Å². The Morgan fingerprint density at radius 2 is 0.927 bits per heavy atom. The number of imidazole rings is 1. The molecule has 0 unspecified atom stereocenters. The number of benzene rings is 6. The van der Waals surface area contributed by atoms with Gasteiger partial charge in [0.05, 0.1) is 12.6 Å². The Kier molecular flexibility index (Phi) is 6.29. The normalized spacial score (nSPS) is 11.2. The highest BCUT2D eigenvalue weighted by molar-refractivity contribution is 5.85. The maximum atomic E-state index is 2.41. The van der Waals surface area contributed by atoms with E-state index in [9.17, 15) is 0 Å². The van der Waals surface area contributed by atoms with Crippen molar-refractivity contribution in [1.82, 2.24) is 4.57 Å². The summed E-state index contributed by atoms with van der Waals surface area (Å²) in [6, 6.07) is 54.4. The Morgan fingerprint density at radius 1 is 0.463 bits per heavy atom. The molecule has 0 bridgehead atoms. The molecule has 7 rings (SSSR count). The fourth-order valence-corrected chi connectivity index (χ4v) is 5.84. The number of nitrogens with zero attached hydrogens (tertiary/aromatic N) is 2. The standard InChI is InChI=1S/C39H31N2/c1-28-18-19-33(30-14-8-4-9-15-30)26-36(28)39-40(2)38-27-34(31-16-10-5-11-17-31)22-25-37(38)41(39)35-23-20-32(21-24-35)29-12-6-3-7-13-29/h3-27H,1-2H3/q+1. The van der Waals surface area contributed by atoms with Crippen molar-refractivity contribution in [2.24, 2.45) is 7.05 Å². The van der Waals surface area contributed by atoms with E-state index >= 15 is 0 Å². The van der Waals surface area contributed by atoms with Crippen molar-refractivity contribution in [1.29, 1.82) is 0 Å². The molecule has 2 heteroatoms. The van der Waals surface area contributed by atoms with Gasteiger partial charge in [-0.1, -0.05) is 115 Å². The van der Waals surface area contributed by atoms with E-state index in [1.54, 1.807) is 0 Å². The van der Waals surface area contributed by atoms with Crippen LogP contribution in [0.25, 0.3) is 61.5 Å². The van der Waals surface area contributed by atoms with E-state index in [4.69, 9.17) is 0 Å². The Balaban J connectivity index is 1.47. The van der Waals surface area contributed by atoms with Gasteiger partial charge in [-0.15, -0.1) is 0 Å². The first kappa shape index (κ1) is 24.8. The molecule has 196 valence electrons. The third-order valence-electron chi connectivity index (χ3n) is 8.03. The van der Waals surface area contributed by atoms with Gasteiger partial charge in [0.1, 0.15) is 5.69 Å². The van der Waals surface area contributed by atoms with E-state index in [-0.39, 0.29) is 0 Å². The average molecular weight is 528 g/mol. The summed E-state index contributed by atoms with van der Waals surface area (Å²) in [5, 5.41) is 0. The fraction of sp³-hybridized carbons (Fsp3) is 0.0513. The second-order valence-electron chi connectivity index (χ2n) is 10.6. The quantitative estimate of drug-likeness (QED) is 0.197. The van der Waals surface area contributed by atoms with Crippen molar-refractivity contribution in [3.05, 3.63) is 157 Å². The molecule has 0 saturated heterocycles. The van der Waals surface area contributed by atoms with Crippen LogP contribution < -0.4 is 4.57 Å². The summed E-state index contributed by atoms with van der Waals surface area (Å²) >= 11 is 0. The Bertz CT molecular complexity index is 1970. The number of rotatable bonds is 5. The minimum Gasteiger partial charge on any atom is -0.225 e. The molecule has 0 N–H and O–H groups in total. The van der Waals surface area contributed by atoms with Gasteiger partial charge < -0.3 is 0 Å². The second-order valence-corrected chi connectivity index (χ2v) is 10.6. The fourth-order valence-electron chi connectivity index (χ4n) is 5.84. The van der Waals surface area contributed by atoms with Gasteiger partial charge in [0, 0.05) is 0 Å². The third-order valence-corrected chi connectivity index (χ3v) is 8.03. The molecule has 0 spiro atoms. The lowest BCUT2D eigenvalue weighted by Gasteiger charge is -2.10. The first-order valence-corrected chi connectivity index (χ1v) is 14.1. The molecule has 6 aromatic carbocycles. The minimum atomic E-state index is 1.14. The molecule has 0 aliphatic rings. The molecule has 41 heavy (non-hydrogen) atoms. The van der Waals surface area contributed by atoms with E-state index < -0.39 is 0 Å². The highest BCUT2D eigenvalue weighted by Crippen LogP contribution is 2.34. The van der Waals surface area contributed by atoms with Crippen LogP contribution in [0.5, 0.6) is 0 Å². The van der Waals surface area contributed by atoms with Crippen LogP contribution in [0.1, 0.15) is 5.56 Å². The highest BCUT2D eigenvalue weighted by atomic mass is 15.2. The molecular formula is C39H31N2+. The molecule has 0 aliphatic heterocycles. The van der Waals surface area contributed by atoms with Gasteiger partial charge in [-0.3, -0.25) is 0 Å². The lowest BCUT2D eigenvalue weighted by Crippen LogP contribution is -2.30. The molecule has 1 heterocycles. The molecule has 1 aromatic heterocycles. The van der Waals surface area contributed by atoms with Crippen molar-refractivity contribution >= 4 is 11.0 Å². The highest BCUT2D eigenvalue weighted by Gasteiger charge is 2.28. The van der Waals surface area contributed by atoms with E-state index in [1.807, 2.05) is 0 Å². The predicted molar refractivity (Wildman–Crippen MR) is 171 cm³/mol. The van der Waals surface area contributed by atoms with Gasteiger partial charge in [0.15, 0.2) is 11.0 Å². The minimum absolute atomic E-state index is 1.14.